The summed E-state index contributed by atoms with van der Waals surface area (Å²) in [5.74, 6) is 0.517. The van der Waals surface area contributed by atoms with Gasteiger partial charge in [-0.1, -0.05) is 28.1 Å². The number of hydrogen-bond donors (Lipinski definition) is 4. The zero-order valence-electron chi connectivity index (χ0n) is 15.2. The molecule has 4 rings (SSSR count). The quantitative estimate of drug-likeness (QED) is 0.372. The van der Waals surface area contributed by atoms with Crippen LogP contribution in [0.15, 0.2) is 50.1 Å². The maximum atomic E-state index is 12.1. The number of benzene rings is 2. The first kappa shape index (κ1) is 19.4. The average Bonchev–Trinajstić information content (AvgIpc) is 2.68. The third kappa shape index (κ3) is 4.24. The van der Waals surface area contributed by atoms with E-state index in [4.69, 9.17) is 0 Å². The van der Waals surface area contributed by atoms with Crippen LogP contribution in [0.1, 0.15) is 24.4 Å². The summed E-state index contributed by atoms with van der Waals surface area (Å²) in [7, 11) is 0. The van der Waals surface area contributed by atoms with Gasteiger partial charge in [0.2, 0.25) is 5.95 Å². The third-order valence-electron chi connectivity index (χ3n) is 4.85. The fourth-order valence-electron chi connectivity index (χ4n) is 3.51. The molecular formula is C20H21Br2N5O. The lowest BCUT2D eigenvalue weighted by molar-refractivity contribution is 0.497. The van der Waals surface area contributed by atoms with E-state index in [-0.39, 0.29) is 5.56 Å². The van der Waals surface area contributed by atoms with Crippen LogP contribution in [0.2, 0.25) is 0 Å². The minimum absolute atomic E-state index is 0.117. The molecule has 0 spiro atoms. The molecule has 0 amide bonds. The molecule has 8 heteroatoms. The second-order valence-electron chi connectivity index (χ2n) is 6.79. The van der Waals surface area contributed by atoms with Crippen LogP contribution in [-0.2, 0) is 0 Å². The molecule has 1 aliphatic rings. The summed E-state index contributed by atoms with van der Waals surface area (Å²) in [4.78, 5) is 19.4. The van der Waals surface area contributed by atoms with Gasteiger partial charge in [0.05, 0.1) is 16.6 Å². The lowest BCUT2D eigenvalue weighted by atomic mass is 9.98. The third-order valence-corrected chi connectivity index (χ3v) is 5.93. The Bertz CT molecular complexity index is 1050. The van der Waals surface area contributed by atoms with Crippen molar-refractivity contribution in [1.29, 1.82) is 0 Å². The summed E-state index contributed by atoms with van der Waals surface area (Å²) in [5.41, 5.74) is 3.03. The second kappa shape index (κ2) is 8.63. The molecule has 0 aliphatic carbocycles. The van der Waals surface area contributed by atoms with Crippen molar-refractivity contribution in [2.24, 2.45) is 0 Å². The minimum Gasteiger partial charge on any atom is -0.384 e. The normalized spacial score (nSPS) is 15.9. The van der Waals surface area contributed by atoms with Crippen LogP contribution < -0.4 is 21.5 Å². The van der Waals surface area contributed by atoms with Gasteiger partial charge in [-0.05, 0) is 65.1 Å². The molecule has 1 aliphatic heterocycles. The summed E-state index contributed by atoms with van der Waals surface area (Å²) in [6.45, 7) is 2.55. The fourth-order valence-corrected chi connectivity index (χ4v) is 4.90. The van der Waals surface area contributed by atoms with Gasteiger partial charge in [-0.2, -0.15) is 0 Å². The van der Waals surface area contributed by atoms with Crippen molar-refractivity contribution >= 4 is 54.4 Å². The van der Waals surface area contributed by atoms with Gasteiger partial charge in [-0.3, -0.25) is 9.78 Å². The van der Waals surface area contributed by atoms with Crippen molar-refractivity contribution in [2.75, 3.05) is 30.3 Å². The lowest BCUT2D eigenvalue weighted by Crippen LogP contribution is -2.30. The number of nitrogens with one attached hydrogen (secondary N) is 4. The van der Waals surface area contributed by atoms with Crippen LogP contribution in [0.25, 0.3) is 10.9 Å². The first-order valence-corrected chi connectivity index (χ1v) is 10.9. The maximum absolute atomic E-state index is 12.1. The summed E-state index contributed by atoms with van der Waals surface area (Å²) < 4.78 is 2.15. The Morgan fingerprint density at radius 2 is 2.04 bits per heavy atom. The highest BCUT2D eigenvalue weighted by molar-refractivity contribution is 9.11. The molecule has 6 nitrogen and oxygen atoms in total. The zero-order chi connectivity index (χ0) is 19.5. The van der Waals surface area contributed by atoms with E-state index in [0.717, 1.165) is 41.4 Å². The van der Waals surface area contributed by atoms with Crippen molar-refractivity contribution < 1.29 is 0 Å². The largest absolute Gasteiger partial charge is 0.384 e. The molecule has 146 valence electrons. The number of nitrogens with zero attached hydrogens (tertiary/aromatic N) is 1. The molecule has 2 aromatic carbocycles. The smallest absolute Gasteiger partial charge is 0.260 e. The highest BCUT2D eigenvalue weighted by Gasteiger charge is 2.21. The molecular weight excluding hydrogens is 486 g/mol. The van der Waals surface area contributed by atoms with Crippen LogP contribution in [0.3, 0.4) is 0 Å². The molecule has 3 aromatic rings. The van der Waals surface area contributed by atoms with Crippen LogP contribution >= 0.6 is 31.9 Å². The summed E-state index contributed by atoms with van der Waals surface area (Å²) in [6.07, 6.45) is 1.97. The highest BCUT2D eigenvalue weighted by Crippen LogP contribution is 2.38. The van der Waals surface area contributed by atoms with E-state index in [1.807, 2.05) is 18.2 Å². The lowest BCUT2D eigenvalue weighted by Gasteiger charge is -2.29. The van der Waals surface area contributed by atoms with Crippen LogP contribution in [0.5, 0.6) is 0 Å². The number of aromatic nitrogens is 2. The molecule has 28 heavy (non-hydrogen) atoms. The first-order chi connectivity index (χ1) is 13.6. The average molecular weight is 507 g/mol. The van der Waals surface area contributed by atoms with Crippen molar-refractivity contribution in [2.45, 2.75) is 18.9 Å². The Kier molecular flexibility index (Phi) is 5.99. The molecule has 0 saturated carbocycles. The van der Waals surface area contributed by atoms with Crippen LogP contribution in [0.4, 0.5) is 11.6 Å². The standard InChI is InChI=1S/C20H21Br2N5O/c21-12-10-14-16(6-9-24-18(14)15(22)11-12)23-7-3-8-25-20-26-17-5-2-1-4-13(17)19(28)27-20/h1-2,4-5,10-11,16,23-24H,3,6-9H2,(H2,25,26,27,28). The Hall–Kier alpha value is -1.90. The Morgan fingerprint density at radius 3 is 2.93 bits per heavy atom. The Morgan fingerprint density at radius 1 is 1.18 bits per heavy atom. The SMILES string of the molecule is O=c1[nH]c(NCCCNC2CCNc3c(Br)cc(Br)cc32)nc2ccccc12. The monoisotopic (exact) mass is 505 g/mol. The van der Waals surface area contributed by atoms with E-state index in [9.17, 15) is 4.79 Å². The van der Waals surface area contributed by atoms with Crippen molar-refractivity contribution in [3.8, 4) is 0 Å². The predicted octanol–water partition coefficient (Wildman–Crippen LogP) is 4.40. The van der Waals surface area contributed by atoms with Gasteiger partial charge < -0.3 is 16.0 Å². The second-order valence-corrected chi connectivity index (χ2v) is 8.56. The molecule has 2 heterocycles. The van der Waals surface area contributed by atoms with E-state index in [1.165, 1.54) is 11.3 Å². The van der Waals surface area contributed by atoms with E-state index >= 15 is 0 Å². The molecule has 1 unspecified atom stereocenters. The van der Waals surface area contributed by atoms with Gasteiger partial charge in [0.1, 0.15) is 0 Å². The summed E-state index contributed by atoms with van der Waals surface area (Å²) in [5, 5.41) is 10.9. The highest BCUT2D eigenvalue weighted by atomic mass is 79.9. The van der Waals surface area contributed by atoms with E-state index < -0.39 is 0 Å². The molecule has 1 aromatic heterocycles. The number of H-pyrrole nitrogens is 1. The summed E-state index contributed by atoms with van der Waals surface area (Å²) >= 11 is 7.21. The molecule has 0 bridgehead atoms. The number of halogens is 2. The van der Waals surface area contributed by atoms with Gasteiger partial charge >= 0.3 is 0 Å². The van der Waals surface area contributed by atoms with Gasteiger partial charge in [-0.25, -0.2) is 4.98 Å². The molecule has 0 saturated heterocycles. The molecule has 4 N–H and O–H groups in total. The van der Waals surface area contributed by atoms with E-state index in [0.29, 0.717) is 22.9 Å². The van der Waals surface area contributed by atoms with Crippen LogP contribution in [0, 0.1) is 0 Å². The number of fused-ring (bicyclic) bond motifs is 2. The minimum atomic E-state index is -0.117. The van der Waals surface area contributed by atoms with Gasteiger partial charge in [0, 0.05) is 28.1 Å². The van der Waals surface area contributed by atoms with Crippen molar-refractivity contribution in [3.05, 3.63) is 61.3 Å². The van der Waals surface area contributed by atoms with Gasteiger partial charge in [0.15, 0.2) is 0 Å². The predicted molar refractivity (Wildman–Crippen MR) is 121 cm³/mol. The van der Waals surface area contributed by atoms with E-state index in [1.54, 1.807) is 6.07 Å². The number of para-hydroxylation sites is 1. The molecule has 0 fully saturated rings. The topological polar surface area (TPSA) is 81.8 Å². The number of rotatable bonds is 6. The number of hydrogen-bond acceptors (Lipinski definition) is 5. The Labute approximate surface area is 179 Å². The molecule has 1 atom stereocenters. The van der Waals surface area contributed by atoms with Crippen molar-refractivity contribution in [1.82, 2.24) is 15.3 Å². The van der Waals surface area contributed by atoms with Crippen LogP contribution in [-0.4, -0.2) is 29.6 Å². The molecule has 0 radical (unpaired) electrons. The zero-order valence-corrected chi connectivity index (χ0v) is 18.4. The van der Waals surface area contributed by atoms with Gasteiger partial charge in [0.25, 0.3) is 5.56 Å². The number of aromatic amines is 1. The summed E-state index contributed by atoms with van der Waals surface area (Å²) in [6, 6.07) is 11.9. The maximum Gasteiger partial charge on any atom is 0.260 e. The van der Waals surface area contributed by atoms with E-state index in [2.05, 4.69) is 69.9 Å². The first-order valence-electron chi connectivity index (χ1n) is 9.31. The van der Waals surface area contributed by atoms with Crippen molar-refractivity contribution in [3.63, 3.8) is 0 Å². The van der Waals surface area contributed by atoms with Gasteiger partial charge in [-0.15, -0.1) is 0 Å². The number of anilines is 2. The fraction of sp³-hybridized carbons (Fsp3) is 0.300. The Balaban J connectivity index is 1.32.